The third-order valence-electron chi connectivity index (χ3n) is 7.30. The highest BCUT2D eigenvalue weighted by molar-refractivity contribution is 6.25. The molecule has 4 N–H and O–H groups in total. The summed E-state index contributed by atoms with van der Waals surface area (Å²) in [6.45, 7) is 0. The number of carboxylic acids is 2. The molecule has 4 amide bonds. The number of azo groups is 1. The predicted molar refractivity (Wildman–Crippen MR) is 151 cm³/mol. The fraction of sp³-hybridized carbons (Fsp3) is 0.0323. The molecule has 6 rings (SSSR count). The molecule has 0 saturated carbocycles. The largest absolute Gasteiger partial charge is 0.507 e. The van der Waals surface area contributed by atoms with Crippen molar-refractivity contribution in [1.82, 2.24) is 9.80 Å². The molecular formula is C31H18N4O10. The predicted octanol–water partition coefficient (Wildman–Crippen LogP) is 4.50. The molecule has 0 aliphatic carbocycles. The molecular weight excluding hydrogens is 588 g/mol. The lowest BCUT2D eigenvalue weighted by molar-refractivity contribution is 0.0276. The Kier molecular flexibility index (Phi) is 6.65. The first-order valence-electron chi connectivity index (χ1n) is 13.0. The third-order valence-corrected chi connectivity index (χ3v) is 7.30. The highest BCUT2D eigenvalue weighted by Gasteiger charge is 2.51. The molecule has 2 aliphatic heterocycles. The Labute approximate surface area is 251 Å². The molecule has 0 unspecified atom stereocenters. The summed E-state index contributed by atoms with van der Waals surface area (Å²) in [6.07, 6.45) is -2.08. The fourth-order valence-corrected chi connectivity index (χ4v) is 5.27. The number of hydrogen-bond donors (Lipinski definition) is 4. The Morgan fingerprint density at radius 1 is 0.600 bits per heavy atom. The van der Waals surface area contributed by atoms with Crippen LogP contribution in [0, 0.1) is 0 Å². The lowest BCUT2D eigenvalue weighted by Gasteiger charge is -2.34. The van der Waals surface area contributed by atoms with E-state index in [1.54, 1.807) is 0 Å². The molecule has 0 fully saturated rings. The minimum Gasteiger partial charge on any atom is -0.507 e. The zero-order valence-electron chi connectivity index (χ0n) is 22.6. The number of nitrogens with zero attached hydrogens (tertiary/aromatic N) is 4. The minimum absolute atomic E-state index is 0.0744. The summed E-state index contributed by atoms with van der Waals surface area (Å²) in [4.78, 5) is 80.3. The number of aromatic carboxylic acids is 2. The molecule has 0 spiro atoms. The van der Waals surface area contributed by atoms with E-state index in [0.717, 1.165) is 24.3 Å². The van der Waals surface area contributed by atoms with Gasteiger partial charge >= 0.3 is 11.9 Å². The summed E-state index contributed by atoms with van der Waals surface area (Å²) in [5.41, 5.74) is -2.81. The van der Waals surface area contributed by atoms with Crippen LogP contribution < -0.4 is 0 Å². The summed E-state index contributed by atoms with van der Waals surface area (Å²) < 4.78 is 0. The number of carbonyl (C=O) groups is 6. The third kappa shape index (κ3) is 4.44. The van der Waals surface area contributed by atoms with Gasteiger partial charge in [-0.25, -0.2) is 19.4 Å². The van der Waals surface area contributed by atoms with E-state index in [-0.39, 0.29) is 27.9 Å². The second-order valence-electron chi connectivity index (χ2n) is 9.83. The Bertz CT molecular complexity index is 1910. The van der Waals surface area contributed by atoms with Crippen LogP contribution in [0.25, 0.3) is 0 Å². The maximum Gasteiger partial charge on any atom is 0.339 e. The van der Waals surface area contributed by atoms with E-state index in [9.17, 15) is 49.2 Å². The fourth-order valence-electron chi connectivity index (χ4n) is 5.27. The van der Waals surface area contributed by atoms with Gasteiger partial charge in [-0.1, -0.05) is 24.3 Å². The monoisotopic (exact) mass is 606 g/mol. The Hall–Kier alpha value is -6.70. The zero-order valence-corrected chi connectivity index (χ0v) is 22.6. The average molecular weight is 607 g/mol. The van der Waals surface area contributed by atoms with E-state index in [2.05, 4.69) is 10.2 Å². The van der Waals surface area contributed by atoms with Gasteiger partial charge in [-0.15, -0.1) is 0 Å². The first kappa shape index (κ1) is 28.4. The van der Waals surface area contributed by atoms with Crippen LogP contribution in [0.4, 0.5) is 11.4 Å². The number of amides is 4. The van der Waals surface area contributed by atoms with Gasteiger partial charge in [0.2, 0.25) is 0 Å². The van der Waals surface area contributed by atoms with Crippen molar-refractivity contribution >= 4 is 46.9 Å². The summed E-state index contributed by atoms with van der Waals surface area (Å²) in [5, 5.41) is 48.1. The maximum atomic E-state index is 13.8. The van der Waals surface area contributed by atoms with Crippen LogP contribution in [0.2, 0.25) is 0 Å². The van der Waals surface area contributed by atoms with Gasteiger partial charge in [0.25, 0.3) is 23.6 Å². The Morgan fingerprint density at radius 3 is 1.51 bits per heavy atom. The normalized spacial score (nSPS) is 14.1. The first-order chi connectivity index (χ1) is 21.5. The molecule has 222 valence electrons. The van der Waals surface area contributed by atoms with Crippen LogP contribution in [-0.4, -0.2) is 65.8 Å². The van der Waals surface area contributed by atoms with E-state index < -0.39 is 75.6 Å². The number of hydrogen-bond acceptors (Lipinski definition) is 10. The number of carbonyl (C=O) groups excluding carboxylic acids is 4. The highest BCUT2D eigenvalue weighted by Crippen LogP contribution is 2.45. The SMILES string of the molecule is O=C(O)c1cc(N=Nc2ccc(O)c(C(=O)O)c2C(N2C(=O)c3ccccc3C2=O)N2C(=O)c3ccccc3C2=O)ccc1O. The van der Waals surface area contributed by atoms with E-state index in [0.29, 0.717) is 9.80 Å². The second-order valence-corrected chi connectivity index (χ2v) is 9.83. The minimum atomic E-state index is -2.08. The summed E-state index contributed by atoms with van der Waals surface area (Å²) in [6, 6.07) is 16.6. The Morgan fingerprint density at radius 2 is 1.07 bits per heavy atom. The topological polar surface area (TPSA) is 215 Å². The molecule has 0 atom stereocenters. The number of benzene rings is 4. The van der Waals surface area contributed by atoms with E-state index in [1.165, 1.54) is 54.6 Å². The van der Waals surface area contributed by atoms with Gasteiger partial charge in [0, 0.05) is 5.56 Å². The smallest absolute Gasteiger partial charge is 0.339 e. The second kappa shape index (κ2) is 10.5. The van der Waals surface area contributed by atoms with Crippen molar-refractivity contribution in [2.75, 3.05) is 0 Å². The summed E-state index contributed by atoms with van der Waals surface area (Å²) >= 11 is 0. The molecule has 0 saturated heterocycles. The van der Waals surface area contributed by atoms with E-state index >= 15 is 0 Å². The number of phenols is 2. The standard InChI is InChI=1S/C31H18N4O10/c36-21-11-9-14(13-19(21)30(42)43)32-33-20-10-12-22(37)24(31(44)45)23(20)25(34-26(38)15-5-1-2-6-16(15)27(34)39)35-28(40)17-7-3-4-8-18(17)29(35)41/h1-13,25,36-37H,(H,42,43)(H,44,45). The van der Waals surface area contributed by atoms with Crippen molar-refractivity contribution in [2.45, 2.75) is 6.17 Å². The van der Waals surface area contributed by atoms with Crippen LogP contribution in [0.3, 0.4) is 0 Å². The first-order valence-corrected chi connectivity index (χ1v) is 13.0. The maximum absolute atomic E-state index is 13.8. The van der Waals surface area contributed by atoms with Gasteiger partial charge in [0.1, 0.15) is 22.6 Å². The molecule has 0 bridgehead atoms. The summed E-state index contributed by atoms with van der Waals surface area (Å²) in [5.74, 6) is -8.44. The Balaban J connectivity index is 1.61. The van der Waals surface area contributed by atoms with Gasteiger partial charge in [-0.05, 0) is 54.6 Å². The molecule has 4 aromatic rings. The number of rotatable bonds is 7. The number of carboxylic acid groups (broad SMARTS) is 2. The molecule has 2 heterocycles. The number of imide groups is 2. The van der Waals surface area contributed by atoms with Crippen LogP contribution in [0.5, 0.6) is 11.5 Å². The molecule has 2 aliphatic rings. The van der Waals surface area contributed by atoms with Gasteiger partial charge in [0.15, 0.2) is 6.17 Å². The van der Waals surface area contributed by atoms with Crippen molar-refractivity contribution < 1.29 is 49.2 Å². The average Bonchev–Trinajstić information content (AvgIpc) is 3.42. The van der Waals surface area contributed by atoms with Crippen LogP contribution in [0.15, 0.2) is 89.1 Å². The quantitative estimate of drug-likeness (QED) is 0.171. The molecule has 4 aromatic carbocycles. The van der Waals surface area contributed by atoms with Crippen molar-refractivity contribution in [3.05, 3.63) is 118 Å². The molecule has 0 radical (unpaired) electrons. The molecule has 45 heavy (non-hydrogen) atoms. The van der Waals surface area contributed by atoms with Crippen LogP contribution in [-0.2, 0) is 0 Å². The van der Waals surface area contributed by atoms with Gasteiger partial charge in [-0.3, -0.25) is 19.2 Å². The summed E-state index contributed by atoms with van der Waals surface area (Å²) in [7, 11) is 0. The lowest BCUT2D eigenvalue weighted by Crippen LogP contribution is -2.47. The van der Waals surface area contributed by atoms with E-state index in [1.807, 2.05) is 0 Å². The molecule has 14 nitrogen and oxygen atoms in total. The number of aromatic hydroxyl groups is 2. The highest BCUT2D eigenvalue weighted by atomic mass is 16.4. The van der Waals surface area contributed by atoms with Crippen molar-refractivity contribution in [1.29, 1.82) is 0 Å². The van der Waals surface area contributed by atoms with Crippen molar-refractivity contribution in [3.63, 3.8) is 0 Å². The van der Waals surface area contributed by atoms with Crippen LogP contribution in [0.1, 0.15) is 73.9 Å². The molecule has 14 heteroatoms. The van der Waals surface area contributed by atoms with Gasteiger partial charge in [-0.2, -0.15) is 10.2 Å². The van der Waals surface area contributed by atoms with Crippen LogP contribution >= 0.6 is 0 Å². The van der Waals surface area contributed by atoms with Gasteiger partial charge in [0.05, 0.1) is 33.6 Å². The van der Waals surface area contributed by atoms with Gasteiger partial charge < -0.3 is 20.4 Å². The zero-order chi connectivity index (χ0) is 32.2. The molecule has 0 aromatic heterocycles. The van der Waals surface area contributed by atoms with Crippen molar-refractivity contribution in [3.8, 4) is 11.5 Å². The van der Waals surface area contributed by atoms with E-state index in [4.69, 9.17) is 0 Å². The lowest BCUT2D eigenvalue weighted by atomic mass is 9.99. The van der Waals surface area contributed by atoms with Crippen molar-refractivity contribution in [2.24, 2.45) is 10.2 Å². The number of fused-ring (bicyclic) bond motifs is 2.